The van der Waals surface area contributed by atoms with Crippen LogP contribution >= 0.6 is 15.9 Å². The van der Waals surface area contributed by atoms with Crippen LogP contribution in [0.3, 0.4) is 0 Å². The van der Waals surface area contributed by atoms with Crippen molar-refractivity contribution in [2.75, 3.05) is 13.1 Å². The summed E-state index contributed by atoms with van der Waals surface area (Å²) in [6.07, 6.45) is 2.39. The van der Waals surface area contributed by atoms with Crippen molar-refractivity contribution in [1.29, 1.82) is 0 Å². The van der Waals surface area contributed by atoms with Gasteiger partial charge in [0.2, 0.25) is 5.91 Å². The normalized spacial score (nSPS) is 21.6. The van der Waals surface area contributed by atoms with Crippen molar-refractivity contribution in [3.63, 3.8) is 0 Å². The van der Waals surface area contributed by atoms with E-state index in [2.05, 4.69) is 50.8 Å². The summed E-state index contributed by atoms with van der Waals surface area (Å²) in [6, 6.07) is 9.22. The van der Waals surface area contributed by atoms with Gasteiger partial charge in [0.25, 0.3) is 0 Å². The monoisotopic (exact) mass is 338 g/mol. The van der Waals surface area contributed by atoms with Crippen LogP contribution in [0.1, 0.15) is 38.2 Å². The largest absolute Gasteiger partial charge is 0.355 e. The van der Waals surface area contributed by atoms with Crippen LogP contribution in [-0.4, -0.2) is 25.0 Å². The molecular weight excluding hydrogens is 316 g/mol. The van der Waals surface area contributed by atoms with Crippen LogP contribution in [0.2, 0.25) is 0 Å². The SMILES string of the molecule is CC(C)C(=O)NCCNC1CC(c2ccc(Br)cc2)C1. The first-order valence-corrected chi connectivity index (χ1v) is 8.12. The number of hydrogen-bond donors (Lipinski definition) is 2. The van der Waals surface area contributed by atoms with Crippen LogP contribution in [0.25, 0.3) is 0 Å². The molecule has 0 radical (unpaired) electrons. The number of hydrogen-bond acceptors (Lipinski definition) is 2. The smallest absolute Gasteiger partial charge is 0.222 e. The summed E-state index contributed by atoms with van der Waals surface area (Å²) in [6.45, 7) is 5.40. The fourth-order valence-corrected chi connectivity index (χ4v) is 2.72. The van der Waals surface area contributed by atoms with Crippen LogP contribution in [0, 0.1) is 5.92 Å². The molecule has 1 aromatic rings. The van der Waals surface area contributed by atoms with E-state index in [4.69, 9.17) is 0 Å². The van der Waals surface area contributed by atoms with Gasteiger partial charge in [0.15, 0.2) is 0 Å². The fourth-order valence-electron chi connectivity index (χ4n) is 2.46. The molecule has 1 amide bonds. The zero-order valence-electron chi connectivity index (χ0n) is 12.2. The Morgan fingerprint density at radius 2 is 1.90 bits per heavy atom. The average molecular weight is 339 g/mol. The van der Waals surface area contributed by atoms with Crippen molar-refractivity contribution in [3.8, 4) is 0 Å². The lowest BCUT2D eigenvalue weighted by molar-refractivity contribution is -0.123. The molecule has 0 aliphatic heterocycles. The molecule has 0 atom stereocenters. The van der Waals surface area contributed by atoms with Gasteiger partial charge in [-0.05, 0) is 36.5 Å². The Labute approximate surface area is 129 Å². The van der Waals surface area contributed by atoms with Crippen LogP contribution in [0.4, 0.5) is 0 Å². The standard InChI is InChI=1S/C16H23BrN2O/c1-11(2)16(20)19-8-7-18-15-9-13(10-15)12-3-5-14(17)6-4-12/h3-6,11,13,15,18H,7-10H2,1-2H3,(H,19,20). The summed E-state index contributed by atoms with van der Waals surface area (Å²) in [4.78, 5) is 11.4. The number of carbonyl (C=O) groups excluding carboxylic acids is 1. The number of benzene rings is 1. The maximum absolute atomic E-state index is 11.4. The van der Waals surface area contributed by atoms with Crippen molar-refractivity contribution in [3.05, 3.63) is 34.3 Å². The number of rotatable bonds is 6. The summed E-state index contributed by atoms with van der Waals surface area (Å²) in [5.41, 5.74) is 1.43. The van der Waals surface area contributed by atoms with Gasteiger partial charge >= 0.3 is 0 Å². The quantitative estimate of drug-likeness (QED) is 0.782. The van der Waals surface area contributed by atoms with Gasteiger partial charge in [-0.15, -0.1) is 0 Å². The minimum Gasteiger partial charge on any atom is -0.355 e. The zero-order valence-corrected chi connectivity index (χ0v) is 13.7. The molecule has 0 heterocycles. The highest BCUT2D eigenvalue weighted by atomic mass is 79.9. The predicted molar refractivity (Wildman–Crippen MR) is 85.8 cm³/mol. The van der Waals surface area contributed by atoms with E-state index in [9.17, 15) is 4.79 Å². The van der Waals surface area contributed by atoms with E-state index >= 15 is 0 Å². The first-order valence-electron chi connectivity index (χ1n) is 7.33. The molecule has 1 aliphatic rings. The lowest BCUT2D eigenvalue weighted by Crippen LogP contribution is -2.43. The van der Waals surface area contributed by atoms with Gasteiger partial charge < -0.3 is 10.6 Å². The van der Waals surface area contributed by atoms with E-state index < -0.39 is 0 Å². The highest BCUT2D eigenvalue weighted by molar-refractivity contribution is 9.10. The molecule has 0 saturated heterocycles. The Morgan fingerprint density at radius 3 is 2.50 bits per heavy atom. The van der Waals surface area contributed by atoms with E-state index in [0.29, 0.717) is 12.0 Å². The van der Waals surface area contributed by atoms with Crippen molar-refractivity contribution >= 4 is 21.8 Å². The summed E-state index contributed by atoms with van der Waals surface area (Å²) < 4.78 is 1.14. The van der Waals surface area contributed by atoms with Gasteiger partial charge in [-0.3, -0.25) is 4.79 Å². The first-order chi connectivity index (χ1) is 9.56. The Morgan fingerprint density at radius 1 is 1.25 bits per heavy atom. The van der Waals surface area contributed by atoms with Crippen molar-refractivity contribution < 1.29 is 4.79 Å². The summed E-state index contributed by atoms with van der Waals surface area (Å²) in [5.74, 6) is 0.888. The molecule has 0 aromatic heterocycles. The summed E-state index contributed by atoms with van der Waals surface area (Å²) >= 11 is 3.46. The van der Waals surface area contributed by atoms with Crippen LogP contribution < -0.4 is 10.6 Å². The molecule has 0 spiro atoms. The van der Waals surface area contributed by atoms with E-state index in [-0.39, 0.29) is 11.8 Å². The molecule has 1 aromatic carbocycles. The van der Waals surface area contributed by atoms with Gasteiger partial charge in [0, 0.05) is 29.5 Å². The number of carbonyl (C=O) groups is 1. The van der Waals surface area contributed by atoms with Crippen LogP contribution in [-0.2, 0) is 4.79 Å². The maximum atomic E-state index is 11.4. The molecule has 1 aliphatic carbocycles. The Bertz CT molecular complexity index is 438. The number of nitrogens with one attached hydrogen (secondary N) is 2. The molecule has 110 valence electrons. The molecule has 2 rings (SSSR count). The second kappa shape index (κ2) is 7.23. The average Bonchev–Trinajstić information content (AvgIpc) is 2.37. The van der Waals surface area contributed by atoms with Gasteiger partial charge in [-0.2, -0.15) is 0 Å². The van der Waals surface area contributed by atoms with Gasteiger partial charge in [-0.1, -0.05) is 41.9 Å². The highest BCUT2D eigenvalue weighted by Crippen LogP contribution is 2.37. The van der Waals surface area contributed by atoms with Crippen LogP contribution in [0.5, 0.6) is 0 Å². The predicted octanol–water partition coefficient (Wildman–Crippen LogP) is 3.06. The zero-order chi connectivity index (χ0) is 14.5. The molecule has 0 bridgehead atoms. The molecule has 4 heteroatoms. The third-order valence-electron chi connectivity index (χ3n) is 3.86. The number of halogens is 1. The third kappa shape index (κ3) is 4.32. The second-order valence-electron chi connectivity index (χ2n) is 5.82. The first kappa shape index (κ1) is 15.5. The van der Waals surface area contributed by atoms with E-state index in [0.717, 1.165) is 17.6 Å². The topological polar surface area (TPSA) is 41.1 Å². The van der Waals surface area contributed by atoms with Gasteiger partial charge in [0.1, 0.15) is 0 Å². The molecule has 0 unspecified atom stereocenters. The Balaban J connectivity index is 1.60. The molecule has 2 N–H and O–H groups in total. The molecule has 1 saturated carbocycles. The molecule has 3 nitrogen and oxygen atoms in total. The Hall–Kier alpha value is -0.870. The fraction of sp³-hybridized carbons (Fsp3) is 0.562. The second-order valence-corrected chi connectivity index (χ2v) is 6.73. The highest BCUT2D eigenvalue weighted by Gasteiger charge is 2.29. The van der Waals surface area contributed by atoms with E-state index in [1.54, 1.807) is 0 Å². The van der Waals surface area contributed by atoms with Crippen LogP contribution in [0.15, 0.2) is 28.7 Å². The lowest BCUT2D eigenvalue weighted by Gasteiger charge is -2.36. The van der Waals surface area contributed by atoms with Gasteiger partial charge in [-0.25, -0.2) is 0 Å². The Kier molecular flexibility index (Phi) is 5.61. The van der Waals surface area contributed by atoms with Crippen molar-refractivity contribution in [2.45, 2.75) is 38.6 Å². The third-order valence-corrected chi connectivity index (χ3v) is 4.39. The summed E-state index contributed by atoms with van der Waals surface area (Å²) in [7, 11) is 0. The van der Waals surface area contributed by atoms with Crippen molar-refractivity contribution in [2.24, 2.45) is 5.92 Å². The van der Waals surface area contributed by atoms with Gasteiger partial charge in [0.05, 0.1) is 0 Å². The summed E-state index contributed by atoms with van der Waals surface area (Å²) in [5, 5.41) is 6.43. The molecular formula is C16H23BrN2O. The minimum atomic E-state index is 0.0699. The maximum Gasteiger partial charge on any atom is 0.222 e. The number of amides is 1. The van der Waals surface area contributed by atoms with Crippen molar-refractivity contribution in [1.82, 2.24) is 10.6 Å². The molecule has 1 fully saturated rings. The molecule has 20 heavy (non-hydrogen) atoms. The minimum absolute atomic E-state index is 0.0699. The lowest BCUT2D eigenvalue weighted by atomic mass is 9.76. The van der Waals surface area contributed by atoms with E-state index in [1.807, 2.05) is 13.8 Å². The van der Waals surface area contributed by atoms with E-state index in [1.165, 1.54) is 18.4 Å².